The average Bonchev–Trinajstić information content (AvgIpc) is 2.38. The molecule has 0 aliphatic heterocycles. The van der Waals surface area contributed by atoms with Crippen LogP contribution in [0.25, 0.3) is 0 Å². The molecule has 1 unspecified atom stereocenters. The lowest BCUT2D eigenvalue weighted by Crippen LogP contribution is -2.04. The fourth-order valence-corrected chi connectivity index (χ4v) is 2.18. The highest BCUT2D eigenvalue weighted by atomic mass is 35.5. The average molecular weight is 279 g/mol. The van der Waals surface area contributed by atoms with E-state index in [9.17, 15) is 4.79 Å². The molecule has 0 heterocycles. The van der Waals surface area contributed by atoms with E-state index in [4.69, 9.17) is 23.2 Å². The molecule has 2 aromatic carbocycles. The number of carbonyl (C=O) groups excluding carboxylic acids is 1. The molecule has 0 saturated heterocycles. The largest absolute Gasteiger partial charge is 0.303 e. The van der Waals surface area contributed by atoms with E-state index in [1.807, 2.05) is 42.5 Å². The molecule has 0 spiro atoms. The molecule has 0 aliphatic carbocycles. The number of carbonyl (C=O) groups is 1. The molecular weight excluding hydrogens is 267 g/mol. The van der Waals surface area contributed by atoms with Gasteiger partial charge in [0.05, 0.1) is 0 Å². The Morgan fingerprint density at radius 3 is 2.33 bits per heavy atom. The summed E-state index contributed by atoms with van der Waals surface area (Å²) >= 11 is 11.8. The second kappa shape index (κ2) is 6.03. The van der Waals surface area contributed by atoms with Crippen LogP contribution < -0.4 is 0 Å². The first-order chi connectivity index (χ1) is 8.69. The van der Waals surface area contributed by atoms with Crippen LogP contribution in [0.15, 0.2) is 48.5 Å². The van der Waals surface area contributed by atoms with Gasteiger partial charge in [0.1, 0.15) is 6.29 Å². The molecule has 1 nitrogen and oxygen atoms in total. The van der Waals surface area contributed by atoms with Gasteiger partial charge in [-0.1, -0.05) is 47.5 Å². The lowest BCUT2D eigenvalue weighted by atomic mass is 9.93. The second-order valence-corrected chi connectivity index (χ2v) is 5.00. The predicted molar refractivity (Wildman–Crippen MR) is 75.4 cm³/mol. The summed E-state index contributed by atoms with van der Waals surface area (Å²) in [7, 11) is 0. The highest BCUT2D eigenvalue weighted by Gasteiger charge is 2.11. The lowest BCUT2D eigenvalue weighted by molar-refractivity contribution is -0.109. The monoisotopic (exact) mass is 278 g/mol. The van der Waals surface area contributed by atoms with Gasteiger partial charge in [0.25, 0.3) is 0 Å². The van der Waals surface area contributed by atoms with Crippen LogP contribution in [0.3, 0.4) is 0 Å². The maximum atomic E-state index is 11.2. The molecule has 0 amide bonds. The normalized spacial score (nSPS) is 12.1. The summed E-state index contributed by atoms with van der Waals surface area (Å²) in [5.74, 6) is -0.176. The molecule has 0 aromatic heterocycles. The summed E-state index contributed by atoms with van der Waals surface area (Å²) in [6.07, 6.45) is 1.61. The lowest BCUT2D eigenvalue weighted by Gasteiger charge is -2.11. The Morgan fingerprint density at radius 2 is 1.72 bits per heavy atom. The van der Waals surface area contributed by atoms with Gasteiger partial charge in [0.15, 0.2) is 0 Å². The van der Waals surface area contributed by atoms with Crippen molar-refractivity contribution < 1.29 is 4.79 Å². The van der Waals surface area contributed by atoms with Gasteiger partial charge in [0.2, 0.25) is 0 Å². The zero-order valence-electron chi connectivity index (χ0n) is 9.64. The van der Waals surface area contributed by atoms with Crippen LogP contribution in [-0.2, 0) is 11.2 Å². The third-order valence-corrected chi connectivity index (χ3v) is 3.30. The fourth-order valence-electron chi connectivity index (χ4n) is 1.86. The molecule has 0 fully saturated rings. The van der Waals surface area contributed by atoms with Crippen molar-refractivity contribution >= 4 is 29.5 Å². The molecular formula is C15H12Cl2O. The van der Waals surface area contributed by atoms with Gasteiger partial charge < -0.3 is 4.79 Å². The Bertz CT molecular complexity index is 534. The summed E-state index contributed by atoms with van der Waals surface area (Å²) in [6, 6.07) is 14.9. The van der Waals surface area contributed by atoms with Gasteiger partial charge in [-0.25, -0.2) is 0 Å². The Balaban J connectivity index is 2.19. The molecule has 92 valence electrons. The van der Waals surface area contributed by atoms with Crippen molar-refractivity contribution in [2.24, 2.45) is 0 Å². The first kappa shape index (κ1) is 13.1. The van der Waals surface area contributed by atoms with E-state index in [-0.39, 0.29) is 5.92 Å². The Morgan fingerprint density at radius 1 is 1.00 bits per heavy atom. The summed E-state index contributed by atoms with van der Waals surface area (Å²) in [6.45, 7) is 0. The van der Waals surface area contributed by atoms with Crippen molar-refractivity contribution in [1.82, 2.24) is 0 Å². The van der Waals surface area contributed by atoms with Crippen molar-refractivity contribution in [2.45, 2.75) is 12.3 Å². The van der Waals surface area contributed by atoms with Crippen LogP contribution in [0.4, 0.5) is 0 Å². The van der Waals surface area contributed by atoms with Crippen LogP contribution in [0, 0.1) is 0 Å². The van der Waals surface area contributed by atoms with Crippen molar-refractivity contribution in [2.75, 3.05) is 0 Å². The molecule has 0 saturated carbocycles. The van der Waals surface area contributed by atoms with E-state index >= 15 is 0 Å². The Hall–Kier alpha value is -1.31. The van der Waals surface area contributed by atoms with Crippen LogP contribution in [0.2, 0.25) is 10.0 Å². The van der Waals surface area contributed by atoms with Gasteiger partial charge in [-0.3, -0.25) is 0 Å². The SMILES string of the molecule is O=CC(Cc1ccc(Cl)cc1)c1cccc(Cl)c1. The molecule has 2 rings (SSSR count). The predicted octanol–water partition coefficient (Wildman–Crippen LogP) is 4.52. The van der Waals surface area contributed by atoms with Crippen LogP contribution in [-0.4, -0.2) is 6.29 Å². The van der Waals surface area contributed by atoms with E-state index in [1.165, 1.54) is 0 Å². The zero-order valence-corrected chi connectivity index (χ0v) is 11.2. The summed E-state index contributed by atoms with van der Waals surface area (Å²) in [4.78, 5) is 11.2. The Labute approximate surface area is 116 Å². The number of aldehydes is 1. The highest BCUT2D eigenvalue weighted by Crippen LogP contribution is 2.22. The summed E-state index contributed by atoms with van der Waals surface area (Å²) < 4.78 is 0. The van der Waals surface area contributed by atoms with E-state index in [0.717, 1.165) is 17.4 Å². The number of benzene rings is 2. The first-order valence-corrected chi connectivity index (χ1v) is 6.40. The topological polar surface area (TPSA) is 17.1 Å². The smallest absolute Gasteiger partial charge is 0.127 e. The number of hydrogen-bond acceptors (Lipinski definition) is 1. The quantitative estimate of drug-likeness (QED) is 0.752. The number of hydrogen-bond donors (Lipinski definition) is 0. The van der Waals surface area contributed by atoms with Crippen molar-refractivity contribution in [1.29, 1.82) is 0 Å². The van der Waals surface area contributed by atoms with Gasteiger partial charge in [-0.2, -0.15) is 0 Å². The number of halogens is 2. The summed E-state index contributed by atoms with van der Waals surface area (Å²) in [5.41, 5.74) is 2.02. The van der Waals surface area contributed by atoms with Gasteiger partial charge in [-0.05, 0) is 41.8 Å². The molecule has 0 bridgehead atoms. The molecule has 18 heavy (non-hydrogen) atoms. The van der Waals surface area contributed by atoms with Gasteiger partial charge >= 0.3 is 0 Å². The van der Waals surface area contributed by atoms with Crippen molar-refractivity contribution in [3.63, 3.8) is 0 Å². The molecule has 0 N–H and O–H groups in total. The first-order valence-electron chi connectivity index (χ1n) is 5.64. The molecule has 2 aromatic rings. The van der Waals surface area contributed by atoms with Crippen molar-refractivity contribution in [3.05, 3.63) is 69.7 Å². The van der Waals surface area contributed by atoms with Crippen LogP contribution in [0.1, 0.15) is 17.0 Å². The Kier molecular flexibility index (Phi) is 4.40. The second-order valence-electron chi connectivity index (χ2n) is 4.13. The fraction of sp³-hybridized carbons (Fsp3) is 0.133. The van der Waals surface area contributed by atoms with Crippen LogP contribution in [0.5, 0.6) is 0 Å². The van der Waals surface area contributed by atoms with E-state index < -0.39 is 0 Å². The van der Waals surface area contributed by atoms with Crippen LogP contribution >= 0.6 is 23.2 Å². The van der Waals surface area contributed by atoms with E-state index in [0.29, 0.717) is 16.5 Å². The minimum absolute atomic E-state index is 0.176. The molecule has 3 heteroatoms. The highest BCUT2D eigenvalue weighted by molar-refractivity contribution is 6.30. The number of rotatable bonds is 4. The maximum absolute atomic E-state index is 11.2. The maximum Gasteiger partial charge on any atom is 0.127 e. The zero-order chi connectivity index (χ0) is 13.0. The van der Waals surface area contributed by atoms with Crippen molar-refractivity contribution in [3.8, 4) is 0 Å². The third-order valence-electron chi connectivity index (χ3n) is 2.81. The molecule has 1 atom stereocenters. The minimum Gasteiger partial charge on any atom is -0.303 e. The van der Waals surface area contributed by atoms with E-state index in [1.54, 1.807) is 6.07 Å². The summed E-state index contributed by atoms with van der Waals surface area (Å²) in [5, 5.41) is 1.35. The minimum atomic E-state index is -0.176. The molecule has 0 radical (unpaired) electrons. The van der Waals surface area contributed by atoms with Gasteiger partial charge in [-0.15, -0.1) is 0 Å². The third kappa shape index (κ3) is 3.34. The standard InChI is InChI=1S/C15H12Cl2O/c16-14-6-4-11(5-7-14)8-13(10-18)12-2-1-3-15(17)9-12/h1-7,9-10,13H,8H2. The molecule has 0 aliphatic rings. The van der Waals surface area contributed by atoms with E-state index in [2.05, 4.69) is 0 Å². The van der Waals surface area contributed by atoms with Gasteiger partial charge in [0, 0.05) is 16.0 Å².